The predicted molar refractivity (Wildman–Crippen MR) is 138 cm³/mol. The van der Waals surface area contributed by atoms with E-state index in [0.29, 0.717) is 23.9 Å². The molecule has 1 aliphatic heterocycles. The number of ether oxygens (including phenoxy) is 3. The SMILES string of the molecule is CC(C)NC(=O)CN(C)c1nc(-c2cc(OCC(C)(C)OC3CCCCO3)ccn2)nc2c1CCC2. The van der Waals surface area contributed by atoms with Gasteiger partial charge in [0.15, 0.2) is 12.1 Å². The Labute approximate surface area is 214 Å². The first-order valence-electron chi connectivity index (χ1n) is 13.0. The fraction of sp³-hybridized carbons (Fsp3) is 0.630. The summed E-state index contributed by atoms with van der Waals surface area (Å²) in [5.74, 6) is 1.98. The summed E-state index contributed by atoms with van der Waals surface area (Å²) in [6.07, 6.45) is 7.49. The lowest BCUT2D eigenvalue weighted by molar-refractivity contribution is -0.221. The van der Waals surface area contributed by atoms with E-state index < -0.39 is 5.60 Å². The van der Waals surface area contributed by atoms with Gasteiger partial charge < -0.3 is 24.4 Å². The molecule has 4 rings (SSSR count). The molecular weight excluding hydrogens is 458 g/mol. The van der Waals surface area contributed by atoms with Crippen molar-refractivity contribution in [2.75, 3.05) is 31.7 Å². The molecule has 1 unspecified atom stereocenters. The molecule has 1 amide bonds. The second-order valence-corrected chi connectivity index (χ2v) is 10.6. The molecule has 9 heteroatoms. The van der Waals surface area contributed by atoms with Gasteiger partial charge in [-0.05, 0) is 72.3 Å². The smallest absolute Gasteiger partial charge is 0.239 e. The fourth-order valence-electron chi connectivity index (χ4n) is 4.58. The molecule has 0 spiro atoms. The zero-order valence-electron chi connectivity index (χ0n) is 22.2. The van der Waals surface area contributed by atoms with Crippen molar-refractivity contribution in [3.05, 3.63) is 29.6 Å². The van der Waals surface area contributed by atoms with Gasteiger partial charge in [-0.25, -0.2) is 9.97 Å². The quantitative estimate of drug-likeness (QED) is 0.531. The minimum Gasteiger partial charge on any atom is -0.490 e. The van der Waals surface area contributed by atoms with Gasteiger partial charge in [0.1, 0.15) is 23.9 Å². The number of amides is 1. The van der Waals surface area contributed by atoms with Crippen molar-refractivity contribution in [1.82, 2.24) is 20.3 Å². The highest BCUT2D eigenvalue weighted by Crippen LogP contribution is 2.31. The standard InChI is InChI=1S/C27H39N5O4/c1-18(2)29-23(33)16-32(5)26-20-9-8-10-21(20)30-25(31-26)22-15-19(12-13-28-22)35-17-27(3,4)36-24-11-6-7-14-34-24/h12-13,15,18,24H,6-11,14,16-17H2,1-5H3,(H,29,33). The average Bonchev–Trinajstić information content (AvgIpc) is 3.31. The largest absolute Gasteiger partial charge is 0.490 e. The second-order valence-electron chi connectivity index (χ2n) is 10.6. The van der Waals surface area contributed by atoms with Crippen LogP contribution in [0.1, 0.15) is 64.6 Å². The van der Waals surface area contributed by atoms with E-state index in [1.807, 2.05) is 51.8 Å². The highest BCUT2D eigenvalue weighted by atomic mass is 16.7. The van der Waals surface area contributed by atoms with Crippen molar-refractivity contribution in [2.24, 2.45) is 0 Å². The van der Waals surface area contributed by atoms with Gasteiger partial charge in [0.05, 0.1) is 12.1 Å². The number of likely N-dealkylation sites (N-methyl/N-ethyl adjacent to an activating group) is 1. The van der Waals surface area contributed by atoms with Gasteiger partial charge in [0.25, 0.3) is 0 Å². The second kappa shape index (κ2) is 11.5. The molecule has 2 aliphatic rings. The van der Waals surface area contributed by atoms with Crippen molar-refractivity contribution in [1.29, 1.82) is 0 Å². The summed E-state index contributed by atoms with van der Waals surface area (Å²) in [4.78, 5) is 28.5. The zero-order chi connectivity index (χ0) is 25.7. The number of anilines is 1. The Hall–Kier alpha value is -2.78. The van der Waals surface area contributed by atoms with E-state index in [0.717, 1.165) is 62.2 Å². The van der Waals surface area contributed by atoms with Gasteiger partial charge in [-0.15, -0.1) is 0 Å². The lowest BCUT2D eigenvalue weighted by Crippen LogP contribution is -2.39. The summed E-state index contributed by atoms with van der Waals surface area (Å²) >= 11 is 0. The molecule has 0 bridgehead atoms. The third-order valence-corrected chi connectivity index (χ3v) is 6.24. The average molecular weight is 498 g/mol. The van der Waals surface area contributed by atoms with Crippen LogP contribution in [-0.4, -0.2) is 65.6 Å². The molecular formula is C27H39N5O4. The van der Waals surface area contributed by atoms with Gasteiger partial charge in [0, 0.05) is 43.2 Å². The van der Waals surface area contributed by atoms with E-state index in [9.17, 15) is 4.79 Å². The number of carbonyl (C=O) groups excluding carboxylic acids is 1. The van der Waals surface area contributed by atoms with Crippen molar-refractivity contribution in [3.63, 3.8) is 0 Å². The van der Waals surface area contributed by atoms with Crippen LogP contribution >= 0.6 is 0 Å². The number of hydrogen-bond donors (Lipinski definition) is 1. The van der Waals surface area contributed by atoms with Gasteiger partial charge in [-0.3, -0.25) is 9.78 Å². The van der Waals surface area contributed by atoms with Crippen molar-refractivity contribution >= 4 is 11.7 Å². The van der Waals surface area contributed by atoms with Crippen molar-refractivity contribution in [2.45, 2.75) is 84.2 Å². The molecule has 36 heavy (non-hydrogen) atoms. The third kappa shape index (κ3) is 6.91. The Balaban J connectivity index is 1.48. The Morgan fingerprint density at radius 1 is 1.25 bits per heavy atom. The highest BCUT2D eigenvalue weighted by molar-refractivity contribution is 5.81. The Kier molecular flexibility index (Phi) is 8.41. The van der Waals surface area contributed by atoms with E-state index >= 15 is 0 Å². The number of nitrogens with zero attached hydrogens (tertiary/aromatic N) is 4. The van der Waals surface area contributed by atoms with Crippen LogP contribution in [0.4, 0.5) is 5.82 Å². The van der Waals surface area contributed by atoms with Crippen LogP contribution in [0.3, 0.4) is 0 Å². The van der Waals surface area contributed by atoms with Crippen LogP contribution in [-0.2, 0) is 27.1 Å². The highest BCUT2D eigenvalue weighted by Gasteiger charge is 2.27. The maximum atomic E-state index is 12.4. The molecule has 0 radical (unpaired) electrons. The van der Waals surface area contributed by atoms with Crippen LogP contribution in [0.5, 0.6) is 5.75 Å². The van der Waals surface area contributed by atoms with Crippen LogP contribution < -0.4 is 15.0 Å². The van der Waals surface area contributed by atoms with Crippen LogP contribution in [0.2, 0.25) is 0 Å². The molecule has 3 heterocycles. The molecule has 1 atom stereocenters. The minimum absolute atomic E-state index is 0.0311. The first kappa shape index (κ1) is 26.3. The zero-order valence-corrected chi connectivity index (χ0v) is 22.2. The summed E-state index contributed by atoms with van der Waals surface area (Å²) in [6.45, 7) is 9.28. The predicted octanol–water partition coefficient (Wildman–Crippen LogP) is 3.69. The number of pyridine rings is 1. The summed E-state index contributed by atoms with van der Waals surface area (Å²) in [5.41, 5.74) is 2.29. The first-order chi connectivity index (χ1) is 17.2. The molecule has 0 aromatic carbocycles. The van der Waals surface area contributed by atoms with E-state index in [4.69, 9.17) is 24.2 Å². The Morgan fingerprint density at radius 2 is 2.08 bits per heavy atom. The maximum absolute atomic E-state index is 12.4. The summed E-state index contributed by atoms with van der Waals surface area (Å²) in [6, 6.07) is 3.78. The number of nitrogens with one attached hydrogen (secondary N) is 1. The lowest BCUT2D eigenvalue weighted by atomic mass is 10.1. The summed E-state index contributed by atoms with van der Waals surface area (Å²) < 4.78 is 18.0. The molecule has 196 valence electrons. The number of carbonyl (C=O) groups is 1. The van der Waals surface area contributed by atoms with E-state index in [1.165, 1.54) is 0 Å². The molecule has 9 nitrogen and oxygen atoms in total. The van der Waals surface area contributed by atoms with Crippen molar-refractivity contribution in [3.8, 4) is 17.3 Å². The van der Waals surface area contributed by atoms with Gasteiger partial charge in [-0.2, -0.15) is 0 Å². The summed E-state index contributed by atoms with van der Waals surface area (Å²) in [7, 11) is 1.90. The minimum atomic E-state index is -0.498. The van der Waals surface area contributed by atoms with Gasteiger partial charge in [-0.1, -0.05) is 0 Å². The molecule has 2 aromatic rings. The monoisotopic (exact) mass is 497 g/mol. The molecule has 1 saturated heterocycles. The molecule has 0 saturated carbocycles. The van der Waals surface area contributed by atoms with Crippen LogP contribution in [0.25, 0.3) is 11.5 Å². The third-order valence-electron chi connectivity index (χ3n) is 6.24. The topological polar surface area (TPSA) is 98.7 Å². The normalized spacial score (nSPS) is 17.7. The van der Waals surface area contributed by atoms with E-state index in [2.05, 4.69) is 10.3 Å². The molecule has 1 fully saturated rings. The fourth-order valence-corrected chi connectivity index (χ4v) is 4.58. The number of aryl methyl sites for hydroxylation is 1. The van der Waals surface area contributed by atoms with Crippen LogP contribution in [0.15, 0.2) is 18.3 Å². The summed E-state index contributed by atoms with van der Waals surface area (Å²) in [5, 5.41) is 2.95. The molecule has 2 aromatic heterocycles. The lowest BCUT2D eigenvalue weighted by Gasteiger charge is -2.32. The number of aromatic nitrogens is 3. The van der Waals surface area contributed by atoms with E-state index in [-0.39, 0.29) is 24.8 Å². The number of hydrogen-bond acceptors (Lipinski definition) is 8. The first-order valence-corrected chi connectivity index (χ1v) is 13.0. The van der Waals surface area contributed by atoms with Crippen molar-refractivity contribution < 1.29 is 19.0 Å². The number of rotatable bonds is 10. The van der Waals surface area contributed by atoms with Crippen LogP contribution in [0, 0.1) is 0 Å². The van der Waals surface area contributed by atoms with E-state index in [1.54, 1.807) is 6.20 Å². The number of fused-ring (bicyclic) bond motifs is 1. The Morgan fingerprint density at radius 3 is 2.83 bits per heavy atom. The van der Waals surface area contributed by atoms with Gasteiger partial charge >= 0.3 is 0 Å². The molecule has 1 aliphatic carbocycles. The van der Waals surface area contributed by atoms with Gasteiger partial charge in [0.2, 0.25) is 5.91 Å². The molecule has 1 N–H and O–H groups in total. The Bertz CT molecular complexity index is 1050. The maximum Gasteiger partial charge on any atom is 0.239 e.